The molecule has 5 rings (SSSR count). The van der Waals surface area contributed by atoms with E-state index in [-0.39, 0.29) is 6.01 Å². The zero-order valence-corrected chi connectivity index (χ0v) is 19.4. The summed E-state index contributed by atoms with van der Waals surface area (Å²) in [6, 6.07) is 15.1. The van der Waals surface area contributed by atoms with Crippen molar-refractivity contribution in [2.45, 2.75) is 46.0 Å². The molecule has 3 aromatic heterocycles. The molecule has 172 valence electrons. The van der Waals surface area contributed by atoms with Crippen LogP contribution in [-0.2, 0) is 26.1 Å². The molecule has 0 atom stereocenters. The Kier molecular flexibility index (Phi) is 5.86. The lowest BCUT2D eigenvalue weighted by molar-refractivity contribution is 0.203. The van der Waals surface area contributed by atoms with Crippen LogP contribution in [0.5, 0.6) is 6.01 Å². The van der Waals surface area contributed by atoms with E-state index in [1.165, 1.54) is 11.1 Å². The second-order valence-electron chi connectivity index (χ2n) is 8.92. The van der Waals surface area contributed by atoms with Crippen molar-refractivity contribution in [3.63, 3.8) is 0 Å². The van der Waals surface area contributed by atoms with Gasteiger partial charge in [0.15, 0.2) is 5.65 Å². The van der Waals surface area contributed by atoms with Crippen molar-refractivity contribution < 1.29 is 4.74 Å². The van der Waals surface area contributed by atoms with Crippen molar-refractivity contribution in [3.8, 4) is 12.1 Å². The second kappa shape index (κ2) is 9.12. The lowest BCUT2D eigenvalue weighted by Gasteiger charge is -2.32. The summed E-state index contributed by atoms with van der Waals surface area (Å²) in [4.78, 5) is 15.4. The third-order valence-corrected chi connectivity index (χ3v) is 6.38. The summed E-state index contributed by atoms with van der Waals surface area (Å²) in [6.07, 6.45) is 4.45. The Morgan fingerprint density at radius 2 is 1.91 bits per heavy atom. The van der Waals surface area contributed by atoms with Crippen LogP contribution < -0.4 is 10.5 Å². The van der Waals surface area contributed by atoms with Crippen LogP contribution in [0.1, 0.15) is 41.8 Å². The topological polar surface area (TPSA) is 106 Å². The van der Waals surface area contributed by atoms with Gasteiger partial charge in [-0.15, -0.1) is 0 Å². The Balaban J connectivity index is 1.44. The molecule has 1 aromatic carbocycles. The normalized spacial score (nSPS) is 13.7. The van der Waals surface area contributed by atoms with Gasteiger partial charge in [-0.3, -0.25) is 9.88 Å². The number of anilines is 1. The van der Waals surface area contributed by atoms with Gasteiger partial charge in [-0.1, -0.05) is 18.2 Å². The van der Waals surface area contributed by atoms with Crippen molar-refractivity contribution in [1.82, 2.24) is 24.4 Å². The van der Waals surface area contributed by atoms with Crippen LogP contribution in [0.4, 0.5) is 5.82 Å². The molecule has 4 aromatic rings. The monoisotopic (exact) mass is 453 g/mol. The van der Waals surface area contributed by atoms with E-state index in [0.29, 0.717) is 41.7 Å². The predicted octanol–water partition coefficient (Wildman–Crippen LogP) is 3.67. The molecule has 0 fully saturated rings. The first kappa shape index (κ1) is 21.9. The van der Waals surface area contributed by atoms with E-state index >= 15 is 0 Å². The fraction of sp³-hybridized carbons (Fsp3) is 0.308. The number of pyridine rings is 1. The number of nitriles is 1. The highest BCUT2D eigenvalue weighted by atomic mass is 16.5. The minimum atomic E-state index is 0.185. The van der Waals surface area contributed by atoms with Gasteiger partial charge in [0.05, 0.1) is 11.9 Å². The maximum atomic E-state index is 9.78. The number of hydrogen-bond acceptors (Lipinski definition) is 7. The average Bonchev–Trinajstić information content (AvgIpc) is 3.21. The number of fused-ring (bicyclic) bond motifs is 2. The van der Waals surface area contributed by atoms with Gasteiger partial charge in [0.2, 0.25) is 0 Å². The Labute approximate surface area is 198 Å². The summed E-state index contributed by atoms with van der Waals surface area (Å²) in [7, 11) is 0. The molecule has 0 unspecified atom stereocenters. The molecule has 0 aliphatic carbocycles. The van der Waals surface area contributed by atoms with Crippen molar-refractivity contribution >= 4 is 16.9 Å². The standard InChI is InChI=1S/C26H27N7O/c1-17(2)32-10-7-20-11-19(3-4-21(20)15-32)14-33-22(13-27)12-23-24(28)30-26(31-25(23)33)34-16-18-5-8-29-9-6-18/h3-6,8-9,11-12,17H,7,10,14-16H2,1-2H3,(H2,28,30,31). The van der Waals surface area contributed by atoms with Crippen LogP contribution in [0.2, 0.25) is 0 Å². The van der Waals surface area contributed by atoms with E-state index in [9.17, 15) is 5.26 Å². The summed E-state index contributed by atoms with van der Waals surface area (Å²) in [6.45, 7) is 7.34. The zero-order chi connectivity index (χ0) is 23.7. The van der Waals surface area contributed by atoms with Gasteiger partial charge in [-0.2, -0.15) is 15.2 Å². The maximum absolute atomic E-state index is 9.78. The van der Waals surface area contributed by atoms with Gasteiger partial charge in [-0.25, -0.2) is 0 Å². The lowest BCUT2D eigenvalue weighted by Crippen LogP contribution is -2.35. The van der Waals surface area contributed by atoms with E-state index in [1.807, 2.05) is 16.7 Å². The SMILES string of the molecule is CC(C)N1CCc2cc(Cn3c(C#N)cc4c(N)nc(OCc5ccncc5)nc43)ccc2C1. The minimum Gasteiger partial charge on any atom is -0.458 e. The smallest absolute Gasteiger partial charge is 0.320 e. The van der Waals surface area contributed by atoms with E-state index in [4.69, 9.17) is 10.5 Å². The highest BCUT2D eigenvalue weighted by Crippen LogP contribution is 2.27. The molecule has 0 radical (unpaired) electrons. The van der Waals surface area contributed by atoms with Gasteiger partial charge in [0, 0.05) is 31.5 Å². The minimum absolute atomic E-state index is 0.185. The fourth-order valence-corrected chi connectivity index (χ4v) is 4.42. The van der Waals surface area contributed by atoms with E-state index in [1.54, 1.807) is 18.5 Å². The van der Waals surface area contributed by atoms with Crippen LogP contribution in [0.25, 0.3) is 11.0 Å². The van der Waals surface area contributed by atoms with Gasteiger partial charge in [0.1, 0.15) is 24.2 Å². The molecule has 2 N–H and O–H groups in total. The first-order valence-corrected chi connectivity index (χ1v) is 11.4. The fourth-order valence-electron chi connectivity index (χ4n) is 4.42. The lowest BCUT2D eigenvalue weighted by atomic mass is 9.96. The Bertz CT molecular complexity index is 1370. The summed E-state index contributed by atoms with van der Waals surface area (Å²) < 4.78 is 7.69. The number of hydrogen-bond donors (Lipinski definition) is 1. The molecule has 4 heterocycles. The molecule has 0 saturated carbocycles. The average molecular weight is 454 g/mol. The molecular weight excluding hydrogens is 426 g/mol. The van der Waals surface area contributed by atoms with Crippen LogP contribution in [0.3, 0.4) is 0 Å². The predicted molar refractivity (Wildman–Crippen MR) is 130 cm³/mol. The molecule has 0 spiro atoms. The maximum Gasteiger partial charge on any atom is 0.320 e. The third kappa shape index (κ3) is 4.30. The number of nitrogens with two attached hydrogens (primary N) is 1. The van der Waals surface area contributed by atoms with Gasteiger partial charge in [0.25, 0.3) is 0 Å². The number of rotatable bonds is 6. The largest absolute Gasteiger partial charge is 0.458 e. The van der Waals surface area contributed by atoms with Crippen molar-refractivity contribution in [3.05, 3.63) is 76.7 Å². The first-order valence-electron chi connectivity index (χ1n) is 11.4. The molecule has 34 heavy (non-hydrogen) atoms. The van der Waals surface area contributed by atoms with Gasteiger partial charge in [-0.05, 0) is 60.7 Å². The van der Waals surface area contributed by atoms with Gasteiger partial charge < -0.3 is 15.0 Å². The van der Waals surface area contributed by atoms with Crippen molar-refractivity contribution in [2.75, 3.05) is 12.3 Å². The number of nitrogen functional groups attached to an aromatic ring is 1. The Morgan fingerprint density at radius 1 is 1.09 bits per heavy atom. The molecule has 0 amide bonds. The summed E-state index contributed by atoms with van der Waals surface area (Å²) in [5, 5.41) is 10.4. The molecule has 0 saturated heterocycles. The molecule has 0 bridgehead atoms. The number of ether oxygens (including phenoxy) is 1. The van der Waals surface area contributed by atoms with E-state index in [0.717, 1.165) is 30.6 Å². The van der Waals surface area contributed by atoms with Crippen molar-refractivity contribution in [2.24, 2.45) is 0 Å². The quantitative estimate of drug-likeness (QED) is 0.475. The Hall–Kier alpha value is -3.96. The van der Waals surface area contributed by atoms with Crippen LogP contribution in [-0.4, -0.2) is 37.0 Å². The van der Waals surface area contributed by atoms with Crippen molar-refractivity contribution in [1.29, 1.82) is 5.26 Å². The van der Waals surface area contributed by atoms with Crippen LogP contribution in [0, 0.1) is 11.3 Å². The van der Waals surface area contributed by atoms with Crippen LogP contribution in [0.15, 0.2) is 48.8 Å². The second-order valence-corrected chi connectivity index (χ2v) is 8.92. The summed E-state index contributed by atoms with van der Waals surface area (Å²) in [5.41, 5.74) is 12.1. The number of benzene rings is 1. The molecule has 8 nitrogen and oxygen atoms in total. The highest BCUT2D eigenvalue weighted by Gasteiger charge is 2.20. The zero-order valence-electron chi connectivity index (χ0n) is 19.4. The highest BCUT2D eigenvalue weighted by molar-refractivity contribution is 5.88. The molecule has 1 aliphatic rings. The third-order valence-electron chi connectivity index (χ3n) is 6.38. The number of nitrogens with zero attached hydrogens (tertiary/aromatic N) is 6. The first-order chi connectivity index (χ1) is 16.5. The van der Waals surface area contributed by atoms with Gasteiger partial charge >= 0.3 is 6.01 Å². The van der Waals surface area contributed by atoms with Crippen LogP contribution >= 0.6 is 0 Å². The summed E-state index contributed by atoms with van der Waals surface area (Å²) >= 11 is 0. The summed E-state index contributed by atoms with van der Waals surface area (Å²) in [5.74, 6) is 0.296. The van der Waals surface area contributed by atoms with E-state index < -0.39 is 0 Å². The molecular formula is C26H27N7O. The Morgan fingerprint density at radius 3 is 2.68 bits per heavy atom. The number of aromatic nitrogens is 4. The van der Waals surface area contributed by atoms with E-state index in [2.05, 4.69) is 58.0 Å². The molecule has 1 aliphatic heterocycles. The molecule has 8 heteroatoms.